The number of rotatable bonds is 7. The Hall–Kier alpha value is -2.58. The Kier molecular flexibility index (Phi) is 4.87. The molecule has 23 heavy (non-hydrogen) atoms. The van der Waals surface area contributed by atoms with E-state index in [1.54, 1.807) is 18.2 Å². The molecule has 1 heterocycles. The number of hydrogen-bond acceptors (Lipinski definition) is 5. The predicted molar refractivity (Wildman–Crippen MR) is 87.6 cm³/mol. The third kappa shape index (κ3) is 3.13. The van der Waals surface area contributed by atoms with E-state index in [-0.39, 0.29) is 23.4 Å². The van der Waals surface area contributed by atoms with Gasteiger partial charge in [-0.25, -0.2) is 13.4 Å². The van der Waals surface area contributed by atoms with Crippen LogP contribution in [-0.2, 0) is 10.0 Å². The Morgan fingerprint density at radius 1 is 1.22 bits per heavy atom. The van der Waals surface area contributed by atoms with Gasteiger partial charge in [0.1, 0.15) is 6.20 Å². The maximum atomic E-state index is 12.9. The molecule has 0 fully saturated rings. The fraction of sp³-hybridized carbons (Fsp3) is 0.133. The van der Waals surface area contributed by atoms with Crippen molar-refractivity contribution in [3.63, 3.8) is 0 Å². The minimum atomic E-state index is -4.12. The van der Waals surface area contributed by atoms with Crippen molar-refractivity contribution in [1.82, 2.24) is 9.29 Å². The zero-order chi connectivity index (χ0) is 17.0. The van der Waals surface area contributed by atoms with Crippen LogP contribution in [0.5, 0.6) is 0 Å². The minimum Gasteiger partial charge on any atom is -0.258 e. The molecule has 0 radical (unpaired) electrons. The number of para-hydroxylation sites is 1. The number of nitro groups is 1. The van der Waals surface area contributed by atoms with Gasteiger partial charge < -0.3 is 0 Å². The van der Waals surface area contributed by atoms with E-state index in [1.165, 1.54) is 18.2 Å². The molecule has 0 N–H and O–H groups in total. The third-order valence-electron chi connectivity index (χ3n) is 3.17. The summed E-state index contributed by atoms with van der Waals surface area (Å²) in [6.07, 6.45) is 3.79. The number of aromatic nitrogens is 1. The molecule has 0 saturated heterocycles. The molecule has 0 bridgehead atoms. The molecule has 0 aliphatic heterocycles. The quantitative estimate of drug-likeness (QED) is 0.441. The first-order valence-corrected chi connectivity index (χ1v) is 8.11. The second kappa shape index (κ2) is 6.67. The Labute approximate surface area is 133 Å². The number of fused-ring (bicyclic) bond motifs is 1. The third-order valence-corrected chi connectivity index (χ3v) is 5.09. The fourth-order valence-corrected chi connectivity index (χ4v) is 3.90. The summed E-state index contributed by atoms with van der Waals surface area (Å²) in [5, 5.41) is 11.5. The van der Waals surface area contributed by atoms with E-state index in [0.29, 0.717) is 5.52 Å². The molecule has 0 unspecified atom stereocenters. The summed E-state index contributed by atoms with van der Waals surface area (Å²) in [7, 11) is -4.12. The van der Waals surface area contributed by atoms with Crippen LogP contribution in [0.3, 0.4) is 0 Å². The van der Waals surface area contributed by atoms with Gasteiger partial charge in [-0.3, -0.25) is 10.1 Å². The maximum absolute atomic E-state index is 12.9. The topological polar surface area (TPSA) is 93.4 Å². The van der Waals surface area contributed by atoms with E-state index in [2.05, 4.69) is 18.1 Å². The summed E-state index contributed by atoms with van der Waals surface area (Å²) < 4.78 is 27.0. The summed E-state index contributed by atoms with van der Waals surface area (Å²) in [5.74, 6) is 0. The zero-order valence-electron chi connectivity index (χ0n) is 12.3. The Balaban J connectivity index is 2.82. The highest BCUT2D eigenvalue weighted by Crippen LogP contribution is 2.32. The van der Waals surface area contributed by atoms with Crippen molar-refractivity contribution >= 4 is 26.6 Å². The van der Waals surface area contributed by atoms with Crippen molar-refractivity contribution in [2.24, 2.45) is 0 Å². The van der Waals surface area contributed by atoms with Crippen molar-refractivity contribution in [2.45, 2.75) is 4.90 Å². The SMILES string of the molecule is C=CCN(CC=C)S(=O)(=O)c1c([N+](=O)[O-])cnc2ccccc12. The second-order valence-corrected chi connectivity index (χ2v) is 6.52. The second-order valence-electron chi connectivity index (χ2n) is 4.65. The van der Waals surface area contributed by atoms with Crippen LogP contribution in [0.4, 0.5) is 5.69 Å². The molecule has 0 spiro atoms. The van der Waals surface area contributed by atoms with Gasteiger partial charge in [0.25, 0.3) is 10.0 Å². The minimum absolute atomic E-state index is 0.0160. The molecule has 1 aromatic carbocycles. The standard InChI is InChI=1S/C15H15N3O4S/c1-3-9-17(10-4-2)23(21,22)15-12-7-5-6-8-13(12)16-11-14(15)18(19)20/h3-8,11H,1-2,9-10H2. The van der Waals surface area contributed by atoms with Gasteiger partial charge in [0.05, 0.1) is 10.4 Å². The van der Waals surface area contributed by atoms with Gasteiger partial charge in [0.2, 0.25) is 0 Å². The van der Waals surface area contributed by atoms with Crippen molar-refractivity contribution in [1.29, 1.82) is 0 Å². The number of sulfonamides is 1. The van der Waals surface area contributed by atoms with E-state index < -0.39 is 20.6 Å². The number of pyridine rings is 1. The Morgan fingerprint density at radius 2 is 1.83 bits per heavy atom. The van der Waals surface area contributed by atoms with E-state index in [0.717, 1.165) is 10.5 Å². The van der Waals surface area contributed by atoms with Crippen LogP contribution in [0.25, 0.3) is 10.9 Å². The molecule has 0 aliphatic carbocycles. The lowest BCUT2D eigenvalue weighted by Gasteiger charge is -2.19. The molecule has 120 valence electrons. The van der Waals surface area contributed by atoms with Crippen LogP contribution in [0.2, 0.25) is 0 Å². The van der Waals surface area contributed by atoms with Crippen LogP contribution in [0.15, 0.2) is 60.7 Å². The number of nitrogens with zero attached hydrogens (tertiary/aromatic N) is 3. The molecule has 2 rings (SSSR count). The van der Waals surface area contributed by atoms with Gasteiger partial charge in [-0.05, 0) is 6.07 Å². The van der Waals surface area contributed by atoms with Crippen molar-refractivity contribution in [3.05, 3.63) is 65.9 Å². The van der Waals surface area contributed by atoms with E-state index in [4.69, 9.17) is 0 Å². The first-order chi connectivity index (χ1) is 10.9. The van der Waals surface area contributed by atoms with Gasteiger partial charge in [-0.1, -0.05) is 30.4 Å². The van der Waals surface area contributed by atoms with Crippen LogP contribution in [0, 0.1) is 10.1 Å². The molecule has 0 atom stereocenters. The number of benzene rings is 1. The molecule has 2 aromatic rings. The smallest absolute Gasteiger partial charge is 0.258 e. The van der Waals surface area contributed by atoms with E-state index in [9.17, 15) is 18.5 Å². The largest absolute Gasteiger partial charge is 0.308 e. The molecule has 0 amide bonds. The average molecular weight is 333 g/mol. The van der Waals surface area contributed by atoms with Crippen molar-refractivity contribution in [2.75, 3.05) is 13.1 Å². The van der Waals surface area contributed by atoms with Crippen LogP contribution < -0.4 is 0 Å². The molecule has 7 nitrogen and oxygen atoms in total. The monoisotopic (exact) mass is 333 g/mol. The summed E-state index contributed by atoms with van der Waals surface area (Å²) >= 11 is 0. The summed E-state index contributed by atoms with van der Waals surface area (Å²) in [4.78, 5) is 14.1. The van der Waals surface area contributed by atoms with Gasteiger partial charge in [-0.15, -0.1) is 13.2 Å². The molecular formula is C15H15N3O4S. The van der Waals surface area contributed by atoms with E-state index >= 15 is 0 Å². The first kappa shape index (κ1) is 16.8. The lowest BCUT2D eigenvalue weighted by molar-refractivity contribution is -0.388. The van der Waals surface area contributed by atoms with Crippen LogP contribution in [-0.4, -0.2) is 35.7 Å². The molecular weight excluding hydrogens is 318 g/mol. The Morgan fingerprint density at radius 3 is 2.39 bits per heavy atom. The first-order valence-electron chi connectivity index (χ1n) is 6.67. The highest BCUT2D eigenvalue weighted by molar-refractivity contribution is 7.89. The summed E-state index contributed by atoms with van der Waals surface area (Å²) in [5.41, 5.74) is -0.185. The number of hydrogen-bond donors (Lipinski definition) is 0. The fourth-order valence-electron chi connectivity index (χ4n) is 2.19. The van der Waals surface area contributed by atoms with Gasteiger partial charge in [0, 0.05) is 18.5 Å². The lowest BCUT2D eigenvalue weighted by Crippen LogP contribution is -2.32. The zero-order valence-corrected chi connectivity index (χ0v) is 13.1. The van der Waals surface area contributed by atoms with E-state index in [1.807, 2.05) is 0 Å². The Bertz CT molecular complexity index is 867. The molecule has 0 aliphatic rings. The normalized spacial score (nSPS) is 11.5. The van der Waals surface area contributed by atoms with Crippen molar-refractivity contribution < 1.29 is 13.3 Å². The average Bonchev–Trinajstić information content (AvgIpc) is 2.53. The van der Waals surface area contributed by atoms with Crippen LogP contribution >= 0.6 is 0 Å². The van der Waals surface area contributed by atoms with Crippen molar-refractivity contribution in [3.8, 4) is 0 Å². The molecule has 1 aromatic heterocycles. The summed E-state index contributed by atoms with van der Waals surface area (Å²) in [6.45, 7) is 7.08. The lowest BCUT2D eigenvalue weighted by atomic mass is 10.2. The van der Waals surface area contributed by atoms with Gasteiger partial charge in [-0.2, -0.15) is 4.31 Å². The highest BCUT2D eigenvalue weighted by atomic mass is 32.2. The summed E-state index contributed by atoms with van der Waals surface area (Å²) in [6, 6.07) is 6.40. The van der Waals surface area contributed by atoms with Gasteiger partial charge >= 0.3 is 5.69 Å². The highest BCUT2D eigenvalue weighted by Gasteiger charge is 2.33. The predicted octanol–water partition coefficient (Wildman–Crippen LogP) is 2.51. The molecule has 8 heteroatoms. The maximum Gasteiger partial charge on any atom is 0.308 e. The molecule has 0 saturated carbocycles. The van der Waals surface area contributed by atoms with Gasteiger partial charge in [0.15, 0.2) is 4.90 Å². The van der Waals surface area contributed by atoms with Crippen LogP contribution in [0.1, 0.15) is 0 Å².